The predicted molar refractivity (Wildman–Crippen MR) is 102 cm³/mol. The standard InChI is InChI=1S/C20H26N4O3/c1-14(2)19-21-7-10-24(19)12-15-5-8-23(9-6-15)20(25)22-16-3-4-17-18(11-16)27-13-26-17/h3-4,7,10-11,14-15H,5-6,8-9,12-13H2,1-2H3,(H,22,25). The first kappa shape index (κ1) is 17.7. The molecule has 1 fully saturated rings. The van der Waals surface area contributed by atoms with Crippen LogP contribution in [0.4, 0.5) is 10.5 Å². The molecule has 1 aromatic carbocycles. The molecule has 144 valence electrons. The lowest BCUT2D eigenvalue weighted by Gasteiger charge is -2.32. The second kappa shape index (κ2) is 7.50. The number of hydrogen-bond acceptors (Lipinski definition) is 4. The fourth-order valence-electron chi connectivity index (χ4n) is 3.75. The number of aromatic nitrogens is 2. The van der Waals surface area contributed by atoms with E-state index in [-0.39, 0.29) is 12.8 Å². The number of fused-ring (bicyclic) bond motifs is 1. The number of anilines is 1. The van der Waals surface area contributed by atoms with E-state index in [1.165, 1.54) is 0 Å². The van der Waals surface area contributed by atoms with Gasteiger partial charge in [0.2, 0.25) is 6.79 Å². The van der Waals surface area contributed by atoms with Crippen molar-refractivity contribution in [3.8, 4) is 11.5 Å². The number of carbonyl (C=O) groups excluding carboxylic acids is 1. The molecule has 0 bridgehead atoms. The largest absolute Gasteiger partial charge is 0.454 e. The summed E-state index contributed by atoms with van der Waals surface area (Å²) in [5.41, 5.74) is 0.728. The average Bonchev–Trinajstić information content (AvgIpc) is 3.31. The quantitative estimate of drug-likeness (QED) is 0.891. The highest BCUT2D eigenvalue weighted by molar-refractivity contribution is 5.89. The molecule has 2 aliphatic heterocycles. The van der Waals surface area contributed by atoms with Gasteiger partial charge in [-0.1, -0.05) is 13.8 Å². The molecule has 2 aromatic rings. The number of piperidine rings is 1. The monoisotopic (exact) mass is 370 g/mol. The van der Waals surface area contributed by atoms with E-state index in [1.807, 2.05) is 23.2 Å². The molecule has 0 aliphatic carbocycles. The minimum absolute atomic E-state index is 0.0576. The fourth-order valence-corrected chi connectivity index (χ4v) is 3.75. The van der Waals surface area contributed by atoms with E-state index >= 15 is 0 Å². The van der Waals surface area contributed by atoms with Crippen LogP contribution in [0.1, 0.15) is 38.4 Å². The maximum absolute atomic E-state index is 12.6. The van der Waals surface area contributed by atoms with Crippen LogP contribution >= 0.6 is 0 Å². The van der Waals surface area contributed by atoms with Gasteiger partial charge in [0.15, 0.2) is 11.5 Å². The Labute approximate surface area is 159 Å². The maximum Gasteiger partial charge on any atom is 0.321 e. The van der Waals surface area contributed by atoms with Crippen molar-refractivity contribution in [2.75, 3.05) is 25.2 Å². The number of nitrogens with one attached hydrogen (secondary N) is 1. The molecule has 0 atom stereocenters. The van der Waals surface area contributed by atoms with Crippen molar-refractivity contribution in [3.05, 3.63) is 36.4 Å². The van der Waals surface area contributed by atoms with Gasteiger partial charge in [-0.25, -0.2) is 9.78 Å². The molecule has 0 unspecified atom stereocenters. The summed E-state index contributed by atoms with van der Waals surface area (Å²) in [5.74, 6) is 3.53. The van der Waals surface area contributed by atoms with E-state index in [4.69, 9.17) is 9.47 Å². The molecule has 4 rings (SSSR count). The van der Waals surface area contributed by atoms with Gasteiger partial charge in [0, 0.05) is 49.7 Å². The molecule has 7 heteroatoms. The van der Waals surface area contributed by atoms with Crippen LogP contribution in [0, 0.1) is 5.92 Å². The molecular weight excluding hydrogens is 344 g/mol. The Balaban J connectivity index is 1.30. The zero-order valence-electron chi connectivity index (χ0n) is 15.9. The van der Waals surface area contributed by atoms with Crippen LogP contribution < -0.4 is 14.8 Å². The maximum atomic E-state index is 12.6. The highest BCUT2D eigenvalue weighted by Gasteiger charge is 2.24. The van der Waals surface area contributed by atoms with Gasteiger partial charge in [0.05, 0.1) is 0 Å². The normalized spacial score (nSPS) is 16.8. The smallest absolute Gasteiger partial charge is 0.321 e. The van der Waals surface area contributed by atoms with Gasteiger partial charge in [0.1, 0.15) is 5.82 Å². The van der Waals surface area contributed by atoms with E-state index in [2.05, 4.69) is 34.9 Å². The molecular formula is C20H26N4O3. The Morgan fingerprint density at radius 2 is 2.04 bits per heavy atom. The van der Waals surface area contributed by atoms with Crippen LogP contribution in [0.25, 0.3) is 0 Å². The Morgan fingerprint density at radius 3 is 2.81 bits per heavy atom. The molecule has 1 saturated heterocycles. The van der Waals surface area contributed by atoms with Crippen LogP contribution in [-0.4, -0.2) is 40.4 Å². The predicted octanol–water partition coefficient (Wildman–Crippen LogP) is 3.68. The van der Waals surface area contributed by atoms with Gasteiger partial charge in [-0.2, -0.15) is 0 Å². The van der Waals surface area contributed by atoms with Crippen molar-refractivity contribution in [2.45, 2.75) is 39.2 Å². The number of urea groups is 1. The summed E-state index contributed by atoms with van der Waals surface area (Å²) in [6.45, 7) is 7.09. The van der Waals surface area contributed by atoms with Crippen molar-refractivity contribution in [1.82, 2.24) is 14.5 Å². The van der Waals surface area contributed by atoms with Gasteiger partial charge in [-0.3, -0.25) is 0 Å². The third-order valence-corrected chi connectivity index (χ3v) is 5.24. The Hall–Kier alpha value is -2.70. The lowest BCUT2D eigenvalue weighted by atomic mass is 9.96. The summed E-state index contributed by atoms with van der Waals surface area (Å²) in [7, 11) is 0. The van der Waals surface area contributed by atoms with Crippen molar-refractivity contribution in [1.29, 1.82) is 0 Å². The Morgan fingerprint density at radius 1 is 1.26 bits per heavy atom. The second-order valence-corrected chi connectivity index (χ2v) is 7.52. The van der Waals surface area contributed by atoms with E-state index < -0.39 is 0 Å². The van der Waals surface area contributed by atoms with Gasteiger partial charge < -0.3 is 24.3 Å². The lowest BCUT2D eigenvalue weighted by molar-refractivity contribution is 0.174. The van der Waals surface area contributed by atoms with Crippen molar-refractivity contribution in [3.63, 3.8) is 0 Å². The zero-order chi connectivity index (χ0) is 18.8. The van der Waals surface area contributed by atoms with Crippen LogP contribution in [0.3, 0.4) is 0 Å². The summed E-state index contributed by atoms with van der Waals surface area (Å²) >= 11 is 0. The molecule has 1 N–H and O–H groups in total. The van der Waals surface area contributed by atoms with E-state index in [0.29, 0.717) is 23.3 Å². The van der Waals surface area contributed by atoms with E-state index in [0.717, 1.165) is 44.0 Å². The number of imidazole rings is 1. The summed E-state index contributed by atoms with van der Waals surface area (Å²) in [6.07, 6.45) is 5.95. The SMILES string of the molecule is CC(C)c1nccn1CC1CCN(C(=O)Nc2ccc3c(c2)OCO3)CC1. The number of benzene rings is 1. The number of rotatable bonds is 4. The van der Waals surface area contributed by atoms with Crippen molar-refractivity contribution >= 4 is 11.7 Å². The fraction of sp³-hybridized carbons (Fsp3) is 0.500. The average molecular weight is 370 g/mol. The number of nitrogens with zero attached hydrogens (tertiary/aromatic N) is 3. The second-order valence-electron chi connectivity index (χ2n) is 7.52. The number of hydrogen-bond donors (Lipinski definition) is 1. The van der Waals surface area contributed by atoms with Crippen LogP contribution in [0.5, 0.6) is 11.5 Å². The zero-order valence-corrected chi connectivity index (χ0v) is 15.9. The molecule has 2 amide bonds. The number of amides is 2. The summed E-state index contributed by atoms with van der Waals surface area (Å²) in [5, 5.41) is 2.96. The lowest BCUT2D eigenvalue weighted by Crippen LogP contribution is -2.41. The van der Waals surface area contributed by atoms with Crippen LogP contribution in [0.15, 0.2) is 30.6 Å². The first-order valence-corrected chi connectivity index (χ1v) is 9.57. The third-order valence-electron chi connectivity index (χ3n) is 5.24. The minimum Gasteiger partial charge on any atom is -0.454 e. The molecule has 7 nitrogen and oxygen atoms in total. The minimum atomic E-state index is -0.0576. The number of ether oxygens (including phenoxy) is 2. The van der Waals surface area contributed by atoms with Crippen molar-refractivity contribution in [2.24, 2.45) is 5.92 Å². The van der Waals surface area contributed by atoms with Gasteiger partial charge in [0.25, 0.3) is 0 Å². The van der Waals surface area contributed by atoms with Gasteiger partial charge >= 0.3 is 6.03 Å². The molecule has 27 heavy (non-hydrogen) atoms. The highest BCUT2D eigenvalue weighted by atomic mass is 16.7. The Kier molecular flexibility index (Phi) is 4.92. The molecule has 0 spiro atoms. The number of likely N-dealkylation sites (tertiary alicyclic amines) is 1. The first-order chi connectivity index (χ1) is 13.1. The topological polar surface area (TPSA) is 68.6 Å². The van der Waals surface area contributed by atoms with Gasteiger partial charge in [-0.05, 0) is 30.9 Å². The molecule has 3 heterocycles. The summed E-state index contributed by atoms with van der Waals surface area (Å²) in [6, 6.07) is 5.41. The highest BCUT2D eigenvalue weighted by Crippen LogP contribution is 2.34. The van der Waals surface area contributed by atoms with Crippen LogP contribution in [0.2, 0.25) is 0 Å². The summed E-state index contributed by atoms with van der Waals surface area (Å²) in [4.78, 5) is 18.9. The number of carbonyl (C=O) groups is 1. The van der Waals surface area contributed by atoms with Crippen LogP contribution in [-0.2, 0) is 6.54 Å². The molecule has 1 aromatic heterocycles. The van der Waals surface area contributed by atoms with Crippen molar-refractivity contribution < 1.29 is 14.3 Å². The first-order valence-electron chi connectivity index (χ1n) is 9.57. The molecule has 0 saturated carbocycles. The van der Waals surface area contributed by atoms with Gasteiger partial charge in [-0.15, -0.1) is 0 Å². The molecule has 0 radical (unpaired) electrons. The Bertz CT molecular complexity index is 809. The summed E-state index contributed by atoms with van der Waals surface area (Å²) < 4.78 is 12.9. The van der Waals surface area contributed by atoms with E-state index in [9.17, 15) is 4.79 Å². The molecule has 2 aliphatic rings. The van der Waals surface area contributed by atoms with E-state index in [1.54, 1.807) is 6.07 Å². The third kappa shape index (κ3) is 3.86.